The van der Waals surface area contributed by atoms with Gasteiger partial charge in [0, 0.05) is 12.5 Å². The van der Waals surface area contributed by atoms with Crippen molar-refractivity contribution in [3.8, 4) is 11.8 Å². The second-order valence-corrected chi connectivity index (χ2v) is 4.59. The van der Waals surface area contributed by atoms with Crippen molar-refractivity contribution in [2.75, 3.05) is 19.7 Å². The molecule has 3 nitrogen and oxygen atoms in total. The molecule has 0 spiro atoms. The molecule has 1 aromatic rings. The summed E-state index contributed by atoms with van der Waals surface area (Å²) in [6, 6.07) is 7.86. The molecule has 1 N–H and O–H groups in total. The second kappa shape index (κ2) is 5.70. The summed E-state index contributed by atoms with van der Waals surface area (Å²) in [6.45, 7) is 4.82. The van der Waals surface area contributed by atoms with Gasteiger partial charge in [-0.05, 0) is 37.9 Å². The van der Waals surface area contributed by atoms with Gasteiger partial charge in [0.25, 0.3) is 0 Å². The van der Waals surface area contributed by atoms with E-state index in [0.29, 0.717) is 18.1 Å². The van der Waals surface area contributed by atoms with Gasteiger partial charge in [0.15, 0.2) is 0 Å². The second-order valence-electron chi connectivity index (χ2n) is 4.59. The molecule has 1 aromatic carbocycles. The number of benzene rings is 1. The van der Waals surface area contributed by atoms with Crippen LogP contribution < -0.4 is 10.1 Å². The van der Waals surface area contributed by atoms with Crippen molar-refractivity contribution in [3.63, 3.8) is 0 Å². The molecule has 2 rings (SSSR count). The largest absolute Gasteiger partial charge is 0.492 e. The summed E-state index contributed by atoms with van der Waals surface area (Å²) in [5.41, 5.74) is 1.67. The van der Waals surface area contributed by atoms with Crippen LogP contribution in [0.15, 0.2) is 18.2 Å². The van der Waals surface area contributed by atoms with Crippen molar-refractivity contribution < 1.29 is 4.74 Å². The van der Waals surface area contributed by atoms with E-state index in [0.717, 1.165) is 24.4 Å². The van der Waals surface area contributed by atoms with Gasteiger partial charge in [0.05, 0.1) is 12.2 Å². The molecule has 17 heavy (non-hydrogen) atoms. The van der Waals surface area contributed by atoms with Crippen LogP contribution in [0.3, 0.4) is 0 Å². The summed E-state index contributed by atoms with van der Waals surface area (Å²) < 4.78 is 5.84. The zero-order valence-electron chi connectivity index (χ0n) is 10.2. The lowest BCUT2D eigenvalue weighted by molar-refractivity contribution is 0.217. The van der Waals surface area contributed by atoms with E-state index < -0.39 is 0 Å². The lowest BCUT2D eigenvalue weighted by atomic mass is 10.0. The van der Waals surface area contributed by atoms with Crippen LogP contribution in [0.5, 0.6) is 5.75 Å². The van der Waals surface area contributed by atoms with E-state index in [1.807, 2.05) is 19.1 Å². The summed E-state index contributed by atoms with van der Waals surface area (Å²) in [5.74, 6) is 1.32. The number of hydrogen-bond donors (Lipinski definition) is 1. The molecular formula is C14H18N2O. The van der Waals surface area contributed by atoms with E-state index in [-0.39, 0.29) is 0 Å². The topological polar surface area (TPSA) is 45.0 Å². The number of aryl methyl sites for hydroxylation is 1. The Morgan fingerprint density at radius 2 is 2.41 bits per heavy atom. The summed E-state index contributed by atoms with van der Waals surface area (Å²) in [5, 5.41) is 12.4. The van der Waals surface area contributed by atoms with Crippen LogP contribution in [0.4, 0.5) is 0 Å². The summed E-state index contributed by atoms with van der Waals surface area (Å²) in [7, 11) is 0. The normalized spacial score (nSPS) is 19.6. The van der Waals surface area contributed by atoms with Gasteiger partial charge in [-0.3, -0.25) is 0 Å². The molecule has 1 heterocycles. The number of nitrogens with zero attached hydrogens (tertiary/aromatic N) is 1. The van der Waals surface area contributed by atoms with Gasteiger partial charge in [0.1, 0.15) is 11.8 Å². The Morgan fingerprint density at radius 3 is 3.12 bits per heavy atom. The zero-order chi connectivity index (χ0) is 12.1. The summed E-state index contributed by atoms with van der Waals surface area (Å²) >= 11 is 0. The Morgan fingerprint density at radius 1 is 1.53 bits per heavy atom. The first kappa shape index (κ1) is 11.9. The van der Waals surface area contributed by atoms with Crippen LogP contribution in [-0.2, 0) is 0 Å². The fourth-order valence-electron chi connectivity index (χ4n) is 2.20. The molecule has 1 aliphatic rings. The maximum atomic E-state index is 9.04. The maximum Gasteiger partial charge on any atom is 0.139 e. The Bertz CT molecular complexity index is 417. The van der Waals surface area contributed by atoms with E-state index in [4.69, 9.17) is 10.00 Å². The molecular weight excluding hydrogens is 212 g/mol. The molecule has 1 fully saturated rings. The average molecular weight is 230 g/mol. The van der Waals surface area contributed by atoms with Crippen molar-refractivity contribution in [2.24, 2.45) is 5.92 Å². The molecule has 1 unspecified atom stereocenters. The maximum absolute atomic E-state index is 9.04. The first-order valence-electron chi connectivity index (χ1n) is 6.14. The number of rotatable bonds is 3. The highest BCUT2D eigenvalue weighted by molar-refractivity contribution is 5.47. The van der Waals surface area contributed by atoms with E-state index in [1.54, 1.807) is 6.07 Å². The minimum Gasteiger partial charge on any atom is -0.492 e. The standard InChI is InChI=1S/C14H18N2O/c1-11-4-2-6-13(8-15)14(11)17-10-12-5-3-7-16-9-12/h2,4,6,12,16H,3,5,7,9-10H2,1H3. The van der Waals surface area contributed by atoms with Gasteiger partial charge in [-0.2, -0.15) is 5.26 Å². The highest BCUT2D eigenvalue weighted by Gasteiger charge is 2.15. The molecule has 3 heteroatoms. The van der Waals surface area contributed by atoms with Crippen molar-refractivity contribution in [2.45, 2.75) is 19.8 Å². The number of nitrogens with one attached hydrogen (secondary N) is 1. The summed E-state index contributed by atoms with van der Waals surface area (Å²) in [4.78, 5) is 0. The highest BCUT2D eigenvalue weighted by Crippen LogP contribution is 2.23. The molecule has 1 atom stereocenters. The fraction of sp³-hybridized carbons (Fsp3) is 0.500. The van der Waals surface area contributed by atoms with Gasteiger partial charge < -0.3 is 10.1 Å². The molecule has 0 saturated carbocycles. The van der Waals surface area contributed by atoms with Crippen LogP contribution >= 0.6 is 0 Å². The smallest absolute Gasteiger partial charge is 0.139 e. The molecule has 0 bridgehead atoms. The lowest BCUT2D eigenvalue weighted by Gasteiger charge is -2.23. The number of hydrogen-bond acceptors (Lipinski definition) is 3. The van der Waals surface area contributed by atoms with Crippen molar-refractivity contribution >= 4 is 0 Å². The molecule has 0 aromatic heterocycles. The molecule has 1 saturated heterocycles. The van der Waals surface area contributed by atoms with Crippen LogP contribution in [0.25, 0.3) is 0 Å². The Hall–Kier alpha value is -1.53. The first-order chi connectivity index (χ1) is 8.31. The van der Waals surface area contributed by atoms with Crippen molar-refractivity contribution in [1.82, 2.24) is 5.32 Å². The minimum absolute atomic E-state index is 0.565. The predicted molar refractivity (Wildman–Crippen MR) is 67.0 cm³/mol. The van der Waals surface area contributed by atoms with E-state index in [9.17, 15) is 0 Å². The number of nitriles is 1. The third-order valence-electron chi connectivity index (χ3n) is 3.19. The third-order valence-corrected chi connectivity index (χ3v) is 3.19. The van der Waals surface area contributed by atoms with Gasteiger partial charge in [-0.25, -0.2) is 0 Å². The van der Waals surface area contributed by atoms with E-state index >= 15 is 0 Å². The van der Waals surface area contributed by atoms with Crippen LogP contribution in [0.1, 0.15) is 24.0 Å². The average Bonchev–Trinajstić information content (AvgIpc) is 2.38. The number of piperidine rings is 1. The number of para-hydroxylation sites is 1. The van der Waals surface area contributed by atoms with Gasteiger partial charge >= 0.3 is 0 Å². The minimum atomic E-state index is 0.565. The van der Waals surface area contributed by atoms with Crippen molar-refractivity contribution in [1.29, 1.82) is 5.26 Å². The fourth-order valence-corrected chi connectivity index (χ4v) is 2.20. The molecule has 0 aliphatic carbocycles. The third kappa shape index (κ3) is 2.98. The van der Waals surface area contributed by atoms with Crippen LogP contribution in [0.2, 0.25) is 0 Å². The Balaban J connectivity index is 2.00. The van der Waals surface area contributed by atoms with Gasteiger partial charge in [0.2, 0.25) is 0 Å². The molecule has 0 amide bonds. The van der Waals surface area contributed by atoms with Crippen LogP contribution in [-0.4, -0.2) is 19.7 Å². The quantitative estimate of drug-likeness (QED) is 0.866. The molecule has 1 aliphatic heterocycles. The van der Waals surface area contributed by atoms with Crippen molar-refractivity contribution in [3.05, 3.63) is 29.3 Å². The lowest BCUT2D eigenvalue weighted by Crippen LogP contribution is -2.33. The monoisotopic (exact) mass is 230 g/mol. The first-order valence-corrected chi connectivity index (χ1v) is 6.14. The number of ether oxygens (including phenoxy) is 1. The van der Waals surface area contributed by atoms with Gasteiger partial charge in [-0.15, -0.1) is 0 Å². The summed E-state index contributed by atoms with van der Waals surface area (Å²) in [6.07, 6.45) is 2.42. The highest BCUT2D eigenvalue weighted by atomic mass is 16.5. The van der Waals surface area contributed by atoms with E-state index in [2.05, 4.69) is 11.4 Å². The Kier molecular flexibility index (Phi) is 4.00. The Labute approximate surface area is 102 Å². The van der Waals surface area contributed by atoms with E-state index in [1.165, 1.54) is 12.8 Å². The predicted octanol–water partition coefficient (Wildman–Crippen LogP) is 2.25. The SMILES string of the molecule is Cc1cccc(C#N)c1OCC1CCCNC1. The zero-order valence-corrected chi connectivity index (χ0v) is 10.2. The van der Waals surface area contributed by atoms with Gasteiger partial charge in [-0.1, -0.05) is 12.1 Å². The molecule has 90 valence electrons. The van der Waals surface area contributed by atoms with Crippen LogP contribution in [0, 0.1) is 24.2 Å². The molecule has 0 radical (unpaired) electrons.